The van der Waals surface area contributed by atoms with Gasteiger partial charge in [0.25, 0.3) is 9.05 Å². The maximum absolute atomic E-state index is 11.4. The maximum atomic E-state index is 11.4. The molecule has 0 radical (unpaired) electrons. The van der Waals surface area contributed by atoms with Crippen LogP contribution in [-0.4, -0.2) is 13.4 Å². The lowest BCUT2D eigenvalue weighted by Gasteiger charge is -2.06. The zero-order valence-electron chi connectivity index (χ0n) is 8.24. The summed E-state index contributed by atoms with van der Waals surface area (Å²) in [5.74, 6) is 0. The molecular formula is C10H7Cl2NO2S. The first-order chi connectivity index (χ1) is 7.41. The molecule has 0 aliphatic carbocycles. The first kappa shape index (κ1) is 11.6. The van der Waals surface area contributed by atoms with E-state index in [0.29, 0.717) is 21.5 Å². The molecule has 16 heavy (non-hydrogen) atoms. The molecule has 2 aromatic rings. The predicted octanol–water partition coefficient (Wildman–Crippen LogP) is 3.12. The van der Waals surface area contributed by atoms with E-state index >= 15 is 0 Å². The van der Waals surface area contributed by atoms with Crippen molar-refractivity contribution in [2.75, 3.05) is 0 Å². The van der Waals surface area contributed by atoms with Gasteiger partial charge in [-0.2, -0.15) is 0 Å². The summed E-state index contributed by atoms with van der Waals surface area (Å²) in [7, 11) is 1.57. The normalized spacial score (nSPS) is 11.9. The lowest BCUT2D eigenvalue weighted by molar-refractivity contribution is 0.610. The molecule has 1 aromatic heterocycles. The minimum absolute atomic E-state index is 0.0547. The maximum Gasteiger partial charge on any atom is 0.261 e. The Bertz CT molecular complexity index is 660. The lowest BCUT2D eigenvalue weighted by atomic mass is 10.1. The van der Waals surface area contributed by atoms with Crippen LogP contribution in [0.2, 0.25) is 5.02 Å². The molecule has 3 nitrogen and oxygen atoms in total. The molecule has 0 fully saturated rings. The molecule has 0 atom stereocenters. The monoisotopic (exact) mass is 275 g/mol. The Morgan fingerprint density at radius 3 is 2.56 bits per heavy atom. The van der Waals surface area contributed by atoms with Crippen LogP contribution in [0.1, 0.15) is 5.69 Å². The largest absolute Gasteiger partial charge is 0.261 e. The molecule has 0 saturated heterocycles. The van der Waals surface area contributed by atoms with Gasteiger partial charge in [-0.05, 0) is 25.1 Å². The van der Waals surface area contributed by atoms with Crippen molar-refractivity contribution in [2.45, 2.75) is 11.8 Å². The van der Waals surface area contributed by atoms with Crippen LogP contribution >= 0.6 is 22.3 Å². The van der Waals surface area contributed by atoms with Crippen LogP contribution in [0.25, 0.3) is 10.8 Å². The molecule has 0 bridgehead atoms. The van der Waals surface area contributed by atoms with E-state index in [9.17, 15) is 8.42 Å². The molecule has 6 heteroatoms. The van der Waals surface area contributed by atoms with Gasteiger partial charge >= 0.3 is 0 Å². The van der Waals surface area contributed by atoms with Crippen molar-refractivity contribution in [1.29, 1.82) is 0 Å². The zero-order chi connectivity index (χ0) is 11.9. The highest BCUT2D eigenvalue weighted by atomic mass is 35.7. The number of fused-ring (bicyclic) bond motifs is 1. The van der Waals surface area contributed by atoms with E-state index in [1.165, 1.54) is 18.3 Å². The second kappa shape index (κ2) is 3.87. The van der Waals surface area contributed by atoms with Gasteiger partial charge in [0.2, 0.25) is 0 Å². The molecule has 0 spiro atoms. The van der Waals surface area contributed by atoms with Gasteiger partial charge in [-0.1, -0.05) is 11.6 Å². The molecule has 0 amide bonds. The number of nitrogens with zero attached hydrogens (tertiary/aromatic N) is 1. The summed E-state index contributed by atoms with van der Waals surface area (Å²) in [6.45, 7) is 1.76. The van der Waals surface area contributed by atoms with Gasteiger partial charge in [-0.3, -0.25) is 4.98 Å². The summed E-state index contributed by atoms with van der Waals surface area (Å²) in [5, 5.41) is 1.57. The van der Waals surface area contributed by atoms with Crippen LogP contribution in [0, 0.1) is 6.92 Å². The topological polar surface area (TPSA) is 47.0 Å². The number of pyridine rings is 1. The summed E-state index contributed by atoms with van der Waals surface area (Å²) in [6.07, 6.45) is 1.53. The van der Waals surface area contributed by atoms with Gasteiger partial charge in [-0.15, -0.1) is 0 Å². The number of rotatable bonds is 1. The Kier molecular flexibility index (Phi) is 2.82. The average Bonchev–Trinajstić information content (AvgIpc) is 2.16. The number of benzene rings is 1. The SMILES string of the molecule is Cc1nccc2c(S(=O)(=O)Cl)ccc(Cl)c12. The lowest BCUT2D eigenvalue weighted by Crippen LogP contribution is -1.94. The van der Waals surface area contributed by atoms with Gasteiger partial charge in [-0.25, -0.2) is 8.42 Å². The van der Waals surface area contributed by atoms with Crippen LogP contribution in [0.4, 0.5) is 0 Å². The predicted molar refractivity (Wildman–Crippen MR) is 64.5 cm³/mol. The van der Waals surface area contributed by atoms with Gasteiger partial charge in [0.15, 0.2) is 0 Å². The molecule has 84 valence electrons. The van der Waals surface area contributed by atoms with E-state index in [1.807, 2.05) is 0 Å². The van der Waals surface area contributed by atoms with Crippen LogP contribution in [0.15, 0.2) is 29.3 Å². The smallest absolute Gasteiger partial charge is 0.261 e. The average molecular weight is 276 g/mol. The third-order valence-electron chi connectivity index (χ3n) is 2.29. The summed E-state index contributed by atoms with van der Waals surface area (Å²) in [4.78, 5) is 4.12. The fraction of sp³-hybridized carbons (Fsp3) is 0.100. The van der Waals surface area contributed by atoms with E-state index < -0.39 is 9.05 Å². The number of hydrogen-bond donors (Lipinski definition) is 0. The highest BCUT2D eigenvalue weighted by Crippen LogP contribution is 2.32. The van der Waals surface area contributed by atoms with Crippen molar-refractivity contribution in [2.24, 2.45) is 0 Å². The van der Waals surface area contributed by atoms with E-state index in [1.54, 1.807) is 13.0 Å². The highest BCUT2D eigenvalue weighted by molar-refractivity contribution is 8.14. The molecule has 0 N–H and O–H groups in total. The van der Waals surface area contributed by atoms with E-state index in [0.717, 1.165) is 0 Å². The zero-order valence-corrected chi connectivity index (χ0v) is 10.6. The standard InChI is InChI=1S/C10H7Cl2NO2S/c1-6-10-7(4-5-13-6)9(16(12,14)15)3-2-8(10)11/h2-5H,1H3. The Labute approximate surface area is 102 Å². The fourth-order valence-corrected chi connectivity index (χ4v) is 2.98. The van der Waals surface area contributed by atoms with Crippen molar-refractivity contribution in [3.05, 3.63) is 35.1 Å². The van der Waals surface area contributed by atoms with Crippen LogP contribution in [-0.2, 0) is 9.05 Å². The van der Waals surface area contributed by atoms with E-state index in [4.69, 9.17) is 22.3 Å². The first-order valence-electron chi connectivity index (χ1n) is 4.40. The third-order valence-corrected chi connectivity index (χ3v) is 3.98. The molecule has 2 rings (SSSR count). The Morgan fingerprint density at radius 1 is 1.25 bits per heavy atom. The number of aryl methyl sites for hydroxylation is 1. The fourth-order valence-electron chi connectivity index (χ4n) is 1.61. The van der Waals surface area contributed by atoms with Crippen LogP contribution < -0.4 is 0 Å². The van der Waals surface area contributed by atoms with Crippen LogP contribution in [0.3, 0.4) is 0 Å². The second-order valence-corrected chi connectivity index (χ2v) is 6.24. The van der Waals surface area contributed by atoms with Crippen molar-refractivity contribution in [3.8, 4) is 0 Å². The van der Waals surface area contributed by atoms with Crippen molar-refractivity contribution < 1.29 is 8.42 Å². The Balaban J connectivity index is 3.02. The molecule has 1 heterocycles. The number of aromatic nitrogens is 1. The van der Waals surface area contributed by atoms with Crippen molar-refractivity contribution in [1.82, 2.24) is 4.98 Å². The van der Waals surface area contributed by atoms with Gasteiger partial charge in [0.05, 0.1) is 9.92 Å². The summed E-state index contributed by atoms with van der Waals surface area (Å²) < 4.78 is 22.7. The Morgan fingerprint density at radius 2 is 1.94 bits per heavy atom. The summed E-state index contributed by atoms with van der Waals surface area (Å²) in [6, 6.07) is 4.49. The number of hydrogen-bond acceptors (Lipinski definition) is 3. The van der Waals surface area contributed by atoms with E-state index in [2.05, 4.69) is 4.98 Å². The van der Waals surface area contributed by atoms with Gasteiger partial charge < -0.3 is 0 Å². The van der Waals surface area contributed by atoms with E-state index in [-0.39, 0.29) is 4.90 Å². The minimum Gasteiger partial charge on any atom is -0.261 e. The van der Waals surface area contributed by atoms with Gasteiger partial charge in [0.1, 0.15) is 0 Å². The Hall–Kier alpha value is -0.840. The second-order valence-electron chi connectivity index (χ2n) is 3.30. The highest BCUT2D eigenvalue weighted by Gasteiger charge is 2.16. The third kappa shape index (κ3) is 1.88. The quantitative estimate of drug-likeness (QED) is 0.752. The number of halogens is 2. The van der Waals surface area contributed by atoms with Crippen LogP contribution in [0.5, 0.6) is 0 Å². The van der Waals surface area contributed by atoms with Crippen molar-refractivity contribution in [3.63, 3.8) is 0 Å². The first-order valence-corrected chi connectivity index (χ1v) is 7.08. The molecule has 0 unspecified atom stereocenters. The molecule has 0 aliphatic rings. The molecule has 1 aromatic carbocycles. The molecular weight excluding hydrogens is 269 g/mol. The summed E-state index contributed by atoms with van der Waals surface area (Å²) >= 11 is 6.01. The molecule has 0 saturated carbocycles. The van der Waals surface area contributed by atoms with Crippen molar-refractivity contribution >= 4 is 42.1 Å². The summed E-state index contributed by atoms with van der Waals surface area (Å²) in [5.41, 5.74) is 0.671. The molecule has 0 aliphatic heterocycles. The van der Waals surface area contributed by atoms with Gasteiger partial charge in [0, 0.05) is 33.3 Å². The minimum atomic E-state index is -3.78.